The second kappa shape index (κ2) is 7.13. The van der Waals surface area contributed by atoms with Crippen molar-refractivity contribution in [3.63, 3.8) is 0 Å². The Hall–Kier alpha value is -2.57. The van der Waals surface area contributed by atoms with Crippen LogP contribution in [-0.4, -0.2) is 21.7 Å². The number of aldehydes is 1. The van der Waals surface area contributed by atoms with Crippen molar-refractivity contribution in [1.82, 2.24) is 0 Å². The van der Waals surface area contributed by atoms with Crippen LogP contribution in [0.4, 0.5) is 5.69 Å². The summed E-state index contributed by atoms with van der Waals surface area (Å²) in [5.74, 6) is 0. The van der Waals surface area contributed by atoms with Gasteiger partial charge < -0.3 is 0 Å². The average molecular weight is 318 g/mol. The number of hydrogen-bond donors (Lipinski definition) is 0. The molecule has 1 aromatic carbocycles. The molecular formula is C16H18N2O5. The lowest BCUT2D eigenvalue weighted by molar-refractivity contribution is -0.574. The van der Waals surface area contributed by atoms with Gasteiger partial charge in [0.15, 0.2) is 0 Å². The molecule has 0 N–H and O–H groups in total. The Kier molecular flexibility index (Phi) is 5.20. The number of nitro groups is 2. The summed E-state index contributed by atoms with van der Waals surface area (Å²) in [5, 5.41) is 22.1. The number of carbonyl (C=O) groups is 1. The van der Waals surface area contributed by atoms with E-state index in [1.165, 1.54) is 24.3 Å². The van der Waals surface area contributed by atoms with Crippen molar-refractivity contribution in [2.75, 3.05) is 0 Å². The lowest BCUT2D eigenvalue weighted by Gasteiger charge is -2.29. The largest absolute Gasteiger partial charge is 0.298 e. The van der Waals surface area contributed by atoms with E-state index in [9.17, 15) is 25.0 Å². The van der Waals surface area contributed by atoms with Crippen molar-refractivity contribution >= 4 is 18.0 Å². The van der Waals surface area contributed by atoms with Crippen molar-refractivity contribution in [2.45, 2.75) is 44.1 Å². The number of hydrogen-bond acceptors (Lipinski definition) is 5. The lowest BCUT2D eigenvalue weighted by Crippen LogP contribution is -2.40. The SMILES string of the molecule is O=C/C(=C/c1ccc([N+](=O)[O-])cc1)CC1([N+](=O)[O-])CCCCC1. The number of non-ortho nitro benzene ring substituents is 1. The first kappa shape index (κ1) is 16.8. The fourth-order valence-corrected chi connectivity index (χ4v) is 3.05. The fraction of sp³-hybridized carbons (Fsp3) is 0.438. The van der Waals surface area contributed by atoms with Crippen LogP contribution >= 0.6 is 0 Å². The Balaban J connectivity index is 2.22. The second-order valence-corrected chi connectivity index (χ2v) is 5.90. The zero-order valence-electron chi connectivity index (χ0n) is 12.6. The molecule has 0 unspecified atom stereocenters. The molecule has 1 aliphatic rings. The third-order valence-electron chi connectivity index (χ3n) is 4.31. The van der Waals surface area contributed by atoms with Crippen molar-refractivity contribution in [3.8, 4) is 0 Å². The molecule has 23 heavy (non-hydrogen) atoms. The highest BCUT2D eigenvalue weighted by Crippen LogP contribution is 2.36. The minimum Gasteiger partial charge on any atom is -0.298 e. The first-order valence-electron chi connectivity index (χ1n) is 7.51. The number of nitro benzene ring substituents is 1. The van der Waals surface area contributed by atoms with Gasteiger partial charge in [-0.3, -0.25) is 25.0 Å². The summed E-state index contributed by atoms with van der Waals surface area (Å²) in [6, 6.07) is 5.75. The summed E-state index contributed by atoms with van der Waals surface area (Å²) in [7, 11) is 0. The molecule has 2 rings (SSSR count). The molecule has 122 valence electrons. The fourth-order valence-electron chi connectivity index (χ4n) is 3.05. The molecule has 0 radical (unpaired) electrons. The van der Waals surface area contributed by atoms with Gasteiger partial charge in [0.2, 0.25) is 5.54 Å². The van der Waals surface area contributed by atoms with Crippen molar-refractivity contribution in [1.29, 1.82) is 0 Å². The van der Waals surface area contributed by atoms with E-state index in [0.29, 0.717) is 30.3 Å². The maximum Gasteiger partial charge on any atom is 0.269 e. The number of benzene rings is 1. The minimum absolute atomic E-state index is 0.0381. The predicted octanol–water partition coefficient (Wildman–Crippen LogP) is 3.55. The van der Waals surface area contributed by atoms with Crippen LogP contribution in [-0.2, 0) is 4.79 Å². The quantitative estimate of drug-likeness (QED) is 0.345. The molecule has 0 amide bonds. The second-order valence-electron chi connectivity index (χ2n) is 5.90. The van der Waals surface area contributed by atoms with E-state index < -0.39 is 10.5 Å². The molecule has 0 saturated heterocycles. The zero-order valence-corrected chi connectivity index (χ0v) is 12.6. The Bertz CT molecular complexity index is 630. The number of rotatable bonds is 6. The Morgan fingerprint density at radius 2 is 1.70 bits per heavy atom. The summed E-state index contributed by atoms with van der Waals surface area (Å²) in [6.07, 6.45) is 5.84. The summed E-state index contributed by atoms with van der Waals surface area (Å²) >= 11 is 0. The lowest BCUT2D eigenvalue weighted by atomic mass is 9.78. The first-order valence-corrected chi connectivity index (χ1v) is 7.51. The molecule has 1 aromatic rings. The number of carbonyl (C=O) groups excluding carboxylic acids is 1. The average Bonchev–Trinajstić information content (AvgIpc) is 2.55. The van der Waals surface area contributed by atoms with E-state index in [4.69, 9.17) is 0 Å². The van der Waals surface area contributed by atoms with Crippen molar-refractivity contribution in [3.05, 3.63) is 55.6 Å². The topological polar surface area (TPSA) is 103 Å². The van der Waals surface area contributed by atoms with Crippen LogP contribution in [0.1, 0.15) is 44.1 Å². The molecular weight excluding hydrogens is 300 g/mol. The van der Waals surface area contributed by atoms with Crippen LogP contribution in [0.15, 0.2) is 29.8 Å². The standard InChI is InChI=1S/C16H18N2O5/c19-12-14(10-13-4-6-15(7-5-13)17(20)21)11-16(18(22)23)8-2-1-3-9-16/h4-7,10,12H,1-3,8-9,11H2/b14-10+. The monoisotopic (exact) mass is 318 g/mol. The molecule has 0 aliphatic heterocycles. The van der Waals surface area contributed by atoms with Crippen LogP contribution in [0.3, 0.4) is 0 Å². The van der Waals surface area contributed by atoms with Gasteiger partial charge in [-0.05, 0) is 42.2 Å². The third-order valence-corrected chi connectivity index (χ3v) is 4.31. The van der Waals surface area contributed by atoms with Gasteiger partial charge in [0.1, 0.15) is 6.29 Å². The smallest absolute Gasteiger partial charge is 0.269 e. The van der Waals surface area contributed by atoms with Crippen molar-refractivity contribution < 1.29 is 14.6 Å². The molecule has 7 nitrogen and oxygen atoms in total. The summed E-state index contributed by atoms with van der Waals surface area (Å²) in [5.41, 5.74) is -0.139. The van der Waals surface area contributed by atoms with Crippen LogP contribution in [0.5, 0.6) is 0 Å². The van der Waals surface area contributed by atoms with Crippen molar-refractivity contribution in [2.24, 2.45) is 0 Å². The van der Waals surface area contributed by atoms with Gasteiger partial charge in [-0.2, -0.15) is 0 Å². The van der Waals surface area contributed by atoms with Gasteiger partial charge >= 0.3 is 0 Å². The molecule has 0 spiro atoms. The summed E-state index contributed by atoms with van der Waals surface area (Å²) in [4.78, 5) is 32.7. The van der Waals surface area contributed by atoms with Gasteiger partial charge in [-0.25, -0.2) is 0 Å². The normalized spacial score (nSPS) is 17.5. The van der Waals surface area contributed by atoms with E-state index in [0.717, 1.165) is 19.3 Å². The predicted molar refractivity (Wildman–Crippen MR) is 84.6 cm³/mol. The molecule has 0 aromatic heterocycles. The molecule has 1 aliphatic carbocycles. The Labute approximate surface area is 133 Å². The van der Waals surface area contributed by atoms with Gasteiger partial charge in [-0.15, -0.1) is 0 Å². The van der Waals surface area contributed by atoms with E-state index >= 15 is 0 Å². The van der Waals surface area contributed by atoms with Crippen LogP contribution in [0, 0.1) is 20.2 Å². The maximum absolute atomic E-state index is 11.5. The van der Waals surface area contributed by atoms with Gasteiger partial charge in [-0.1, -0.05) is 6.42 Å². The van der Waals surface area contributed by atoms with Gasteiger partial charge in [0.25, 0.3) is 5.69 Å². The first-order chi connectivity index (χ1) is 11.0. The minimum atomic E-state index is -1.06. The summed E-state index contributed by atoms with van der Waals surface area (Å²) < 4.78 is 0. The molecule has 1 saturated carbocycles. The summed E-state index contributed by atoms with van der Waals surface area (Å²) in [6.45, 7) is 0. The molecule has 0 bridgehead atoms. The zero-order chi connectivity index (χ0) is 16.9. The van der Waals surface area contributed by atoms with E-state index in [2.05, 4.69) is 0 Å². The highest BCUT2D eigenvalue weighted by molar-refractivity contribution is 5.82. The van der Waals surface area contributed by atoms with E-state index in [1.807, 2.05) is 0 Å². The molecule has 0 atom stereocenters. The maximum atomic E-state index is 11.5. The van der Waals surface area contributed by atoms with Gasteiger partial charge in [0.05, 0.1) is 4.92 Å². The number of nitrogens with zero attached hydrogens (tertiary/aromatic N) is 2. The Morgan fingerprint density at radius 1 is 1.09 bits per heavy atom. The van der Waals surface area contributed by atoms with Gasteiger partial charge in [0, 0.05) is 36.3 Å². The molecule has 0 heterocycles. The van der Waals surface area contributed by atoms with Crippen LogP contribution in [0.2, 0.25) is 0 Å². The molecule has 7 heteroatoms. The van der Waals surface area contributed by atoms with E-state index in [1.54, 1.807) is 6.08 Å². The molecule has 1 fully saturated rings. The van der Waals surface area contributed by atoms with E-state index in [-0.39, 0.29) is 17.0 Å². The highest BCUT2D eigenvalue weighted by atomic mass is 16.6. The highest BCUT2D eigenvalue weighted by Gasteiger charge is 2.44. The van der Waals surface area contributed by atoms with Crippen LogP contribution in [0.25, 0.3) is 6.08 Å². The third kappa shape index (κ3) is 4.00. The Morgan fingerprint density at radius 3 is 2.17 bits per heavy atom. The van der Waals surface area contributed by atoms with Crippen LogP contribution < -0.4 is 0 Å².